The molecule has 0 saturated heterocycles. The van der Waals surface area contributed by atoms with Gasteiger partial charge in [-0.1, -0.05) is 12.1 Å². The Morgan fingerprint density at radius 2 is 1.78 bits per heavy atom. The van der Waals surface area contributed by atoms with Gasteiger partial charge in [-0.3, -0.25) is 20.1 Å². The van der Waals surface area contributed by atoms with E-state index in [1.165, 1.54) is 12.1 Å². The first-order chi connectivity index (χ1) is 11.2. The summed E-state index contributed by atoms with van der Waals surface area (Å²) in [6.45, 7) is 0. The van der Waals surface area contributed by atoms with E-state index >= 15 is 0 Å². The molecule has 0 amide bonds. The first kappa shape index (κ1) is 14.6. The van der Waals surface area contributed by atoms with Crippen LogP contribution in [0.1, 0.15) is 11.3 Å². The molecule has 112 valence electrons. The number of non-ortho nitro benzene ring substituents is 1. The molecule has 0 aliphatic carbocycles. The van der Waals surface area contributed by atoms with Crippen LogP contribution in [0.2, 0.25) is 0 Å². The second-order valence-corrected chi connectivity index (χ2v) is 4.85. The largest absolute Gasteiger partial charge is 0.269 e. The molecule has 0 aliphatic rings. The fourth-order valence-electron chi connectivity index (χ4n) is 2.21. The Bertz CT molecular complexity index is 844. The molecule has 2 aromatic heterocycles. The number of hydrogen-bond acceptors (Lipinski definition) is 4. The van der Waals surface area contributed by atoms with Gasteiger partial charge in [0.25, 0.3) is 5.69 Å². The average molecular weight is 303 g/mol. The van der Waals surface area contributed by atoms with Crippen molar-refractivity contribution in [2.24, 2.45) is 0 Å². The van der Waals surface area contributed by atoms with Crippen molar-refractivity contribution in [1.82, 2.24) is 9.97 Å². The van der Waals surface area contributed by atoms with Crippen molar-refractivity contribution >= 4 is 17.8 Å². The summed E-state index contributed by atoms with van der Waals surface area (Å²) in [6, 6.07) is 14.1. The summed E-state index contributed by atoms with van der Waals surface area (Å²) in [4.78, 5) is 18.7. The third-order valence-electron chi connectivity index (χ3n) is 3.36. The van der Waals surface area contributed by atoms with Crippen LogP contribution in [0, 0.1) is 10.1 Å². The molecule has 5 nitrogen and oxygen atoms in total. The molecule has 0 radical (unpaired) electrons. The molecule has 0 bridgehead atoms. The average Bonchev–Trinajstić information content (AvgIpc) is 2.61. The Kier molecular flexibility index (Phi) is 4.20. The molecule has 3 rings (SSSR count). The molecule has 0 spiro atoms. The van der Waals surface area contributed by atoms with Gasteiger partial charge in [-0.25, -0.2) is 0 Å². The molecule has 0 saturated carbocycles. The highest BCUT2D eigenvalue weighted by Crippen LogP contribution is 2.26. The zero-order valence-corrected chi connectivity index (χ0v) is 12.2. The molecule has 0 atom stereocenters. The summed E-state index contributed by atoms with van der Waals surface area (Å²) in [6.07, 6.45) is 9.04. The van der Waals surface area contributed by atoms with Crippen LogP contribution in [0.5, 0.6) is 0 Å². The Morgan fingerprint density at radius 3 is 2.48 bits per heavy atom. The summed E-state index contributed by atoms with van der Waals surface area (Å²) >= 11 is 0. The van der Waals surface area contributed by atoms with Crippen LogP contribution in [0.25, 0.3) is 23.3 Å². The maximum Gasteiger partial charge on any atom is 0.269 e. The van der Waals surface area contributed by atoms with Crippen molar-refractivity contribution in [3.63, 3.8) is 0 Å². The van der Waals surface area contributed by atoms with E-state index in [9.17, 15) is 10.1 Å². The fraction of sp³-hybridized carbons (Fsp3) is 0. The van der Waals surface area contributed by atoms with Gasteiger partial charge in [-0.2, -0.15) is 0 Å². The number of aromatic nitrogens is 2. The van der Waals surface area contributed by atoms with Crippen LogP contribution in [0.3, 0.4) is 0 Å². The highest BCUT2D eigenvalue weighted by Gasteiger charge is 2.07. The van der Waals surface area contributed by atoms with Gasteiger partial charge in [-0.15, -0.1) is 0 Å². The zero-order valence-electron chi connectivity index (χ0n) is 12.2. The second kappa shape index (κ2) is 6.62. The Morgan fingerprint density at radius 1 is 0.957 bits per heavy atom. The molecule has 3 aromatic rings. The van der Waals surface area contributed by atoms with Crippen LogP contribution >= 0.6 is 0 Å². The van der Waals surface area contributed by atoms with E-state index in [2.05, 4.69) is 9.97 Å². The first-order valence-corrected chi connectivity index (χ1v) is 7.02. The van der Waals surface area contributed by atoms with E-state index in [0.29, 0.717) is 0 Å². The molecule has 1 aromatic carbocycles. The van der Waals surface area contributed by atoms with Gasteiger partial charge in [0.15, 0.2) is 0 Å². The lowest BCUT2D eigenvalue weighted by Crippen LogP contribution is -1.89. The van der Waals surface area contributed by atoms with E-state index in [-0.39, 0.29) is 5.69 Å². The quantitative estimate of drug-likeness (QED) is 0.534. The van der Waals surface area contributed by atoms with E-state index < -0.39 is 4.92 Å². The van der Waals surface area contributed by atoms with Crippen LogP contribution in [0.15, 0.2) is 67.1 Å². The maximum absolute atomic E-state index is 10.8. The maximum atomic E-state index is 10.8. The number of nitro benzene ring substituents is 1. The molecular weight excluding hydrogens is 290 g/mol. The molecular formula is C18H13N3O2. The topological polar surface area (TPSA) is 68.9 Å². The SMILES string of the molecule is O=[N+]([O-])c1ccc(-c2ccncc2/C=C/c2ccccn2)cc1. The molecule has 0 N–H and O–H groups in total. The van der Waals surface area contributed by atoms with Crippen molar-refractivity contribution in [2.45, 2.75) is 0 Å². The van der Waals surface area contributed by atoms with E-state index in [4.69, 9.17) is 0 Å². The predicted molar refractivity (Wildman–Crippen MR) is 89.5 cm³/mol. The molecule has 5 heteroatoms. The molecule has 0 fully saturated rings. The minimum atomic E-state index is -0.405. The van der Waals surface area contributed by atoms with Gasteiger partial charge in [0.05, 0.1) is 10.6 Å². The monoisotopic (exact) mass is 303 g/mol. The molecule has 0 unspecified atom stereocenters. The normalized spacial score (nSPS) is 10.8. The number of benzene rings is 1. The van der Waals surface area contributed by atoms with Crippen LogP contribution < -0.4 is 0 Å². The van der Waals surface area contributed by atoms with Crippen molar-refractivity contribution in [3.8, 4) is 11.1 Å². The predicted octanol–water partition coefficient (Wildman–Crippen LogP) is 4.22. The van der Waals surface area contributed by atoms with Gasteiger partial charge in [-0.05, 0) is 47.5 Å². The number of nitrogens with zero attached hydrogens (tertiary/aromatic N) is 3. The van der Waals surface area contributed by atoms with Gasteiger partial charge in [0.1, 0.15) is 0 Å². The van der Waals surface area contributed by atoms with Crippen molar-refractivity contribution in [3.05, 3.63) is 88.5 Å². The summed E-state index contributed by atoms with van der Waals surface area (Å²) in [5.41, 5.74) is 3.71. The first-order valence-electron chi connectivity index (χ1n) is 7.02. The number of hydrogen-bond donors (Lipinski definition) is 0. The molecule has 2 heterocycles. The molecule has 0 aliphatic heterocycles. The smallest absolute Gasteiger partial charge is 0.264 e. The highest BCUT2D eigenvalue weighted by molar-refractivity contribution is 5.80. The number of nitro groups is 1. The summed E-state index contributed by atoms with van der Waals surface area (Å²) in [7, 11) is 0. The Balaban J connectivity index is 1.94. The van der Waals surface area contributed by atoms with Gasteiger partial charge in [0, 0.05) is 36.3 Å². The van der Waals surface area contributed by atoms with Crippen molar-refractivity contribution in [2.75, 3.05) is 0 Å². The van der Waals surface area contributed by atoms with Crippen molar-refractivity contribution < 1.29 is 4.92 Å². The summed E-state index contributed by atoms with van der Waals surface area (Å²) < 4.78 is 0. The van der Waals surface area contributed by atoms with Crippen LogP contribution in [0.4, 0.5) is 5.69 Å². The lowest BCUT2D eigenvalue weighted by atomic mass is 10.0. The lowest BCUT2D eigenvalue weighted by Gasteiger charge is -2.05. The third-order valence-corrected chi connectivity index (χ3v) is 3.36. The van der Waals surface area contributed by atoms with Crippen LogP contribution in [-0.2, 0) is 0 Å². The lowest BCUT2D eigenvalue weighted by molar-refractivity contribution is -0.384. The van der Waals surface area contributed by atoms with Gasteiger partial charge in [0.2, 0.25) is 0 Å². The minimum Gasteiger partial charge on any atom is -0.264 e. The van der Waals surface area contributed by atoms with Crippen molar-refractivity contribution in [1.29, 1.82) is 0 Å². The number of rotatable bonds is 4. The summed E-state index contributed by atoms with van der Waals surface area (Å²) in [5, 5.41) is 10.8. The fourth-order valence-corrected chi connectivity index (χ4v) is 2.21. The Labute approximate surface area is 133 Å². The van der Waals surface area contributed by atoms with Gasteiger partial charge < -0.3 is 0 Å². The molecule has 23 heavy (non-hydrogen) atoms. The Hall–Kier alpha value is -3.34. The van der Waals surface area contributed by atoms with Gasteiger partial charge >= 0.3 is 0 Å². The van der Waals surface area contributed by atoms with E-state index in [1.807, 2.05) is 36.4 Å². The van der Waals surface area contributed by atoms with E-state index in [1.54, 1.807) is 30.7 Å². The zero-order chi connectivity index (χ0) is 16.1. The minimum absolute atomic E-state index is 0.0772. The second-order valence-electron chi connectivity index (χ2n) is 4.85. The standard InChI is InChI=1S/C18H13N3O2/c22-21(23)17-8-5-14(6-9-17)18-10-12-19-13-15(18)4-7-16-3-1-2-11-20-16/h1-13H/b7-4+. The highest BCUT2D eigenvalue weighted by atomic mass is 16.6. The summed E-state index contributed by atoms with van der Waals surface area (Å²) in [5.74, 6) is 0. The van der Waals surface area contributed by atoms with Crippen LogP contribution in [-0.4, -0.2) is 14.9 Å². The number of pyridine rings is 2. The third kappa shape index (κ3) is 3.47. The van der Waals surface area contributed by atoms with E-state index in [0.717, 1.165) is 22.4 Å².